The van der Waals surface area contributed by atoms with E-state index in [0.29, 0.717) is 0 Å². The van der Waals surface area contributed by atoms with Crippen LogP contribution in [-0.2, 0) is 4.79 Å². The molecule has 98 valence electrons. The predicted molar refractivity (Wildman–Crippen MR) is 68.5 cm³/mol. The molecule has 18 heavy (non-hydrogen) atoms. The zero-order valence-corrected chi connectivity index (χ0v) is 11.4. The number of carbonyl (C=O) groups excluding carboxylic acids is 1. The van der Waals surface area contributed by atoms with Crippen LogP contribution in [0.5, 0.6) is 0 Å². The number of nitrogens with zero attached hydrogens (tertiary/aromatic N) is 2. The van der Waals surface area contributed by atoms with Gasteiger partial charge in [-0.05, 0) is 56.3 Å². The predicted octanol–water partition coefficient (Wildman–Crippen LogP) is 2.57. The van der Waals surface area contributed by atoms with Crippen molar-refractivity contribution in [3.63, 3.8) is 0 Å². The van der Waals surface area contributed by atoms with Crippen LogP contribution in [0.25, 0.3) is 0 Å². The van der Waals surface area contributed by atoms with Crippen molar-refractivity contribution in [1.29, 1.82) is 5.26 Å². The fourth-order valence-corrected chi connectivity index (χ4v) is 5.33. The maximum atomic E-state index is 11.6. The normalized spacial score (nSPS) is 42.4. The highest BCUT2D eigenvalue weighted by Crippen LogP contribution is 2.61. The maximum absolute atomic E-state index is 11.6. The Morgan fingerprint density at radius 1 is 1.22 bits per heavy atom. The van der Waals surface area contributed by atoms with Crippen LogP contribution in [0.4, 0.5) is 0 Å². The van der Waals surface area contributed by atoms with Crippen LogP contribution in [0.2, 0.25) is 0 Å². The van der Waals surface area contributed by atoms with Crippen molar-refractivity contribution in [2.24, 2.45) is 23.2 Å². The van der Waals surface area contributed by atoms with Gasteiger partial charge in [0.05, 0.1) is 6.07 Å². The summed E-state index contributed by atoms with van der Waals surface area (Å²) in [5.41, 5.74) is 0.115. The Balaban J connectivity index is 1.90. The molecule has 0 aliphatic heterocycles. The van der Waals surface area contributed by atoms with Gasteiger partial charge in [-0.3, -0.25) is 4.79 Å². The summed E-state index contributed by atoms with van der Waals surface area (Å²) in [5.74, 6) is 2.50. The topological polar surface area (TPSA) is 44.1 Å². The third-order valence-corrected chi connectivity index (χ3v) is 5.67. The zero-order valence-electron chi connectivity index (χ0n) is 11.4. The van der Waals surface area contributed by atoms with Crippen LogP contribution in [0, 0.1) is 34.5 Å². The van der Waals surface area contributed by atoms with Gasteiger partial charge in [-0.15, -0.1) is 0 Å². The van der Waals surface area contributed by atoms with E-state index in [2.05, 4.69) is 6.07 Å². The fraction of sp³-hybridized carbons (Fsp3) is 0.867. The quantitative estimate of drug-likeness (QED) is 0.751. The molecule has 4 aliphatic rings. The fourth-order valence-electron chi connectivity index (χ4n) is 5.33. The molecule has 1 amide bonds. The van der Waals surface area contributed by atoms with E-state index in [4.69, 9.17) is 0 Å². The summed E-state index contributed by atoms with van der Waals surface area (Å²) < 4.78 is 0. The second kappa shape index (κ2) is 3.98. The van der Waals surface area contributed by atoms with Gasteiger partial charge in [-0.25, -0.2) is 0 Å². The molecule has 1 unspecified atom stereocenters. The lowest BCUT2D eigenvalue weighted by molar-refractivity contribution is -0.137. The smallest absolute Gasteiger partial charge is 0.220 e. The molecule has 4 bridgehead atoms. The molecule has 3 nitrogen and oxygen atoms in total. The molecule has 4 saturated carbocycles. The summed E-state index contributed by atoms with van der Waals surface area (Å²) in [4.78, 5) is 13.3. The molecule has 1 atom stereocenters. The Morgan fingerprint density at radius 3 is 2.00 bits per heavy atom. The molecule has 0 saturated heterocycles. The Labute approximate surface area is 109 Å². The first-order valence-corrected chi connectivity index (χ1v) is 7.17. The molecular weight excluding hydrogens is 224 g/mol. The molecule has 0 heterocycles. The largest absolute Gasteiger partial charge is 0.329 e. The number of hydrogen-bond donors (Lipinski definition) is 0. The molecule has 0 radical (unpaired) electrons. The summed E-state index contributed by atoms with van der Waals surface area (Å²) in [6, 6.07) is 2.24. The second-order valence-corrected chi connectivity index (χ2v) is 6.94. The van der Waals surface area contributed by atoms with Crippen molar-refractivity contribution in [3.05, 3.63) is 0 Å². The van der Waals surface area contributed by atoms with Gasteiger partial charge in [-0.2, -0.15) is 5.26 Å². The molecule has 4 rings (SSSR count). The van der Waals surface area contributed by atoms with Crippen molar-refractivity contribution in [1.82, 2.24) is 4.90 Å². The third kappa shape index (κ3) is 1.66. The first-order chi connectivity index (χ1) is 8.54. The Kier molecular flexibility index (Phi) is 2.66. The second-order valence-electron chi connectivity index (χ2n) is 6.94. The van der Waals surface area contributed by atoms with E-state index < -0.39 is 0 Å². The van der Waals surface area contributed by atoms with Crippen molar-refractivity contribution in [2.75, 3.05) is 7.05 Å². The van der Waals surface area contributed by atoms with E-state index in [9.17, 15) is 10.1 Å². The van der Waals surface area contributed by atoms with Gasteiger partial charge in [0.25, 0.3) is 0 Å². The first kappa shape index (κ1) is 12.0. The van der Waals surface area contributed by atoms with Crippen LogP contribution < -0.4 is 0 Å². The molecule has 0 N–H and O–H groups in total. The lowest BCUT2D eigenvalue weighted by atomic mass is 9.47. The average Bonchev–Trinajstić information content (AvgIpc) is 2.27. The summed E-state index contributed by atoms with van der Waals surface area (Å²) in [6.07, 6.45) is 7.65. The minimum Gasteiger partial charge on any atom is -0.329 e. The number of nitriles is 1. The SMILES string of the molecule is CC(=O)N(C)C(C#N)C12CC3CC(CC(C3)C1)C2. The average molecular weight is 246 g/mol. The van der Waals surface area contributed by atoms with Crippen LogP contribution in [0.15, 0.2) is 0 Å². The molecule has 0 aromatic carbocycles. The van der Waals surface area contributed by atoms with E-state index in [1.165, 1.54) is 38.5 Å². The lowest BCUT2D eigenvalue weighted by Crippen LogP contribution is -2.56. The van der Waals surface area contributed by atoms with Gasteiger partial charge in [0, 0.05) is 19.4 Å². The lowest BCUT2D eigenvalue weighted by Gasteiger charge is -2.59. The summed E-state index contributed by atoms with van der Waals surface area (Å²) in [6.45, 7) is 1.57. The molecule has 3 heteroatoms. The van der Waals surface area contributed by atoms with Crippen LogP contribution in [0.3, 0.4) is 0 Å². The summed E-state index contributed by atoms with van der Waals surface area (Å²) >= 11 is 0. The van der Waals surface area contributed by atoms with Crippen LogP contribution in [-0.4, -0.2) is 23.9 Å². The molecule has 0 aromatic rings. The van der Waals surface area contributed by atoms with Crippen molar-refractivity contribution in [2.45, 2.75) is 51.5 Å². The standard InChI is InChI=1S/C15H22N2O/c1-10(18)17(2)14(9-16)15-6-11-3-12(7-15)5-13(4-11)8-15/h11-14H,3-8H2,1-2H3. The third-order valence-electron chi connectivity index (χ3n) is 5.67. The zero-order chi connectivity index (χ0) is 12.9. The molecule has 4 fully saturated rings. The van der Waals surface area contributed by atoms with E-state index in [1.807, 2.05) is 0 Å². The molecular formula is C15H22N2O. The monoisotopic (exact) mass is 246 g/mol. The number of amides is 1. The Bertz CT molecular complexity index is 374. The van der Waals surface area contributed by atoms with Gasteiger partial charge in [0.2, 0.25) is 5.91 Å². The van der Waals surface area contributed by atoms with Crippen molar-refractivity contribution in [3.8, 4) is 6.07 Å². The van der Waals surface area contributed by atoms with E-state index >= 15 is 0 Å². The maximum Gasteiger partial charge on any atom is 0.220 e. The number of carbonyl (C=O) groups is 1. The van der Waals surface area contributed by atoms with Crippen LogP contribution >= 0.6 is 0 Å². The highest BCUT2D eigenvalue weighted by molar-refractivity contribution is 5.73. The molecule has 4 aliphatic carbocycles. The van der Waals surface area contributed by atoms with Gasteiger partial charge < -0.3 is 4.90 Å². The molecule has 0 aromatic heterocycles. The van der Waals surface area contributed by atoms with Crippen LogP contribution in [0.1, 0.15) is 45.4 Å². The van der Waals surface area contributed by atoms with Gasteiger partial charge in [0.15, 0.2) is 0 Å². The first-order valence-electron chi connectivity index (χ1n) is 7.17. The Morgan fingerprint density at radius 2 is 1.67 bits per heavy atom. The van der Waals surface area contributed by atoms with E-state index in [-0.39, 0.29) is 17.4 Å². The Hall–Kier alpha value is -1.04. The summed E-state index contributed by atoms with van der Waals surface area (Å²) in [5, 5.41) is 9.56. The van der Waals surface area contributed by atoms with Gasteiger partial charge >= 0.3 is 0 Å². The van der Waals surface area contributed by atoms with E-state index in [1.54, 1.807) is 18.9 Å². The minimum absolute atomic E-state index is 0.0253. The minimum atomic E-state index is -0.205. The van der Waals surface area contributed by atoms with Gasteiger partial charge in [0.1, 0.15) is 6.04 Å². The highest BCUT2D eigenvalue weighted by Gasteiger charge is 2.55. The van der Waals surface area contributed by atoms with Crippen molar-refractivity contribution < 1.29 is 4.79 Å². The number of hydrogen-bond acceptors (Lipinski definition) is 2. The number of rotatable bonds is 2. The highest BCUT2D eigenvalue weighted by atomic mass is 16.2. The molecule has 0 spiro atoms. The van der Waals surface area contributed by atoms with E-state index in [0.717, 1.165) is 17.8 Å². The summed E-state index contributed by atoms with van der Waals surface area (Å²) in [7, 11) is 1.80. The van der Waals surface area contributed by atoms with Crippen molar-refractivity contribution >= 4 is 5.91 Å². The van der Waals surface area contributed by atoms with Gasteiger partial charge in [-0.1, -0.05) is 0 Å².